The summed E-state index contributed by atoms with van der Waals surface area (Å²) in [7, 11) is 0. The summed E-state index contributed by atoms with van der Waals surface area (Å²) >= 11 is 0. The van der Waals surface area contributed by atoms with Crippen molar-refractivity contribution < 1.29 is 33.3 Å². The molecule has 2 aliphatic heterocycles. The van der Waals surface area contributed by atoms with Gasteiger partial charge in [-0.25, -0.2) is 0 Å². The van der Waals surface area contributed by atoms with Crippen LogP contribution in [0.4, 0.5) is 0 Å². The first-order chi connectivity index (χ1) is 18.0. The molecule has 0 bridgehead atoms. The van der Waals surface area contributed by atoms with Gasteiger partial charge >= 0.3 is 0 Å². The van der Waals surface area contributed by atoms with E-state index in [-0.39, 0.29) is 25.7 Å². The molecule has 0 saturated carbocycles. The van der Waals surface area contributed by atoms with Gasteiger partial charge in [0, 0.05) is 12.5 Å². The summed E-state index contributed by atoms with van der Waals surface area (Å²) in [5.41, 5.74) is 0.842. The van der Waals surface area contributed by atoms with Gasteiger partial charge in [0.05, 0.1) is 0 Å². The fourth-order valence-electron chi connectivity index (χ4n) is 3.90. The minimum absolute atomic E-state index is 0.131. The number of nitrogens with one attached hydrogen (secondary N) is 3. The fourth-order valence-corrected chi connectivity index (χ4v) is 3.90. The van der Waals surface area contributed by atoms with Crippen molar-refractivity contribution >= 4 is 17.7 Å². The highest BCUT2D eigenvalue weighted by Crippen LogP contribution is 2.35. The average molecular weight is 504 g/mol. The fraction of sp³-hybridized carbons (Fsp3) is 0.222. The molecule has 2 heterocycles. The van der Waals surface area contributed by atoms with Gasteiger partial charge < -0.3 is 34.9 Å². The molecule has 3 aromatic carbocycles. The minimum Gasteiger partial charge on any atom is -0.484 e. The molecule has 3 aromatic rings. The lowest BCUT2D eigenvalue weighted by molar-refractivity contribution is -0.144. The van der Waals surface area contributed by atoms with Gasteiger partial charge in [-0.15, -0.1) is 0 Å². The van der Waals surface area contributed by atoms with E-state index >= 15 is 0 Å². The van der Waals surface area contributed by atoms with E-state index in [4.69, 9.17) is 18.9 Å². The van der Waals surface area contributed by atoms with E-state index in [1.54, 1.807) is 42.5 Å². The molecule has 10 nitrogen and oxygen atoms in total. The number of para-hydroxylation sites is 1. The van der Waals surface area contributed by atoms with Gasteiger partial charge in [0.15, 0.2) is 24.1 Å². The monoisotopic (exact) mass is 503 g/mol. The smallest absolute Gasteiger partial charge is 0.258 e. The van der Waals surface area contributed by atoms with Gasteiger partial charge in [-0.3, -0.25) is 14.4 Å². The number of hydrogen-bond donors (Lipinski definition) is 3. The summed E-state index contributed by atoms with van der Waals surface area (Å²) in [5, 5.41) is 8.05. The molecular weight excluding hydrogens is 478 g/mol. The maximum absolute atomic E-state index is 13.2. The third kappa shape index (κ3) is 5.92. The summed E-state index contributed by atoms with van der Waals surface area (Å²) < 4.78 is 21.9. The summed E-state index contributed by atoms with van der Waals surface area (Å²) in [6.45, 7) is -0.187. The van der Waals surface area contributed by atoms with Gasteiger partial charge in [0.2, 0.25) is 18.9 Å². The molecule has 3 atom stereocenters. The second-order valence-corrected chi connectivity index (χ2v) is 8.46. The van der Waals surface area contributed by atoms with E-state index in [1.165, 1.54) is 0 Å². The predicted octanol–water partition coefficient (Wildman–Crippen LogP) is 1.54. The highest BCUT2D eigenvalue weighted by atomic mass is 16.7. The number of fused-ring (bicyclic) bond motifs is 1. The van der Waals surface area contributed by atoms with Crippen LogP contribution < -0.4 is 34.9 Å². The van der Waals surface area contributed by atoms with Gasteiger partial charge in [0.25, 0.3) is 11.8 Å². The number of carbonyl (C=O) groups excluding carboxylic acids is 3. The van der Waals surface area contributed by atoms with Crippen LogP contribution in [0, 0.1) is 0 Å². The van der Waals surface area contributed by atoms with E-state index in [0.717, 1.165) is 5.56 Å². The van der Waals surface area contributed by atoms with Gasteiger partial charge in [-0.2, -0.15) is 0 Å². The SMILES string of the molecule is O=C(COc1ccc2c(c1)OCO2)N[C@@H](Cc1ccccc1)C(=O)N[C@@H]1C(=O)N[C@H]1Oc1ccccc1. The number of hydrogen-bond acceptors (Lipinski definition) is 7. The Kier molecular flexibility index (Phi) is 7.07. The molecule has 3 amide bonds. The Balaban J connectivity index is 1.21. The van der Waals surface area contributed by atoms with Crippen molar-refractivity contribution in [2.45, 2.75) is 24.7 Å². The topological polar surface area (TPSA) is 124 Å². The molecule has 0 aliphatic carbocycles. The summed E-state index contributed by atoms with van der Waals surface area (Å²) in [6, 6.07) is 21.4. The quantitative estimate of drug-likeness (QED) is 0.359. The molecule has 0 spiro atoms. The first kappa shape index (κ1) is 24.0. The molecule has 37 heavy (non-hydrogen) atoms. The maximum atomic E-state index is 13.2. The lowest BCUT2D eigenvalue weighted by atomic mass is 10.0. The largest absolute Gasteiger partial charge is 0.484 e. The lowest BCUT2D eigenvalue weighted by Gasteiger charge is -2.37. The van der Waals surface area contributed by atoms with Crippen LogP contribution in [0.1, 0.15) is 5.56 Å². The Morgan fingerprint density at radius 3 is 2.43 bits per heavy atom. The molecule has 0 radical (unpaired) electrons. The summed E-state index contributed by atoms with van der Waals surface area (Å²) in [4.78, 5) is 38.1. The second-order valence-electron chi connectivity index (χ2n) is 8.46. The predicted molar refractivity (Wildman–Crippen MR) is 131 cm³/mol. The van der Waals surface area contributed by atoms with E-state index in [0.29, 0.717) is 23.0 Å². The Hall–Kier alpha value is -4.73. The van der Waals surface area contributed by atoms with Crippen LogP contribution in [0.2, 0.25) is 0 Å². The summed E-state index contributed by atoms with van der Waals surface area (Å²) in [6.07, 6.45) is -0.498. The van der Waals surface area contributed by atoms with Crippen LogP contribution in [0.3, 0.4) is 0 Å². The number of ether oxygens (including phenoxy) is 4. The van der Waals surface area contributed by atoms with Gasteiger partial charge in [0.1, 0.15) is 17.5 Å². The average Bonchev–Trinajstić information content (AvgIpc) is 3.39. The number of β-lactam (4-membered cyclic amide) rings is 1. The highest BCUT2D eigenvalue weighted by Gasteiger charge is 2.43. The molecule has 0 unspecified atom stereocenters. The number of rotatable bonds is 10. The normalized spacial score (nSPS) is 18.1. The van der Waals surface area contributed by atoms with Crippen molar-refractivity contribution in [2.24, 2.45) is 0 Å². The van der Waals surface area contributed by atoms with E-state index in [1.807, 2.05) is 36.4 Å². The summed E-state index contributed by atoms with van der Waals surface area (Å²) in [5.74, 6) is 0.740. The van der Waals surface area contributed by atoms with E-state index < -0.39 is 30.1 Å². The van der Waals surface area contributed by atoms with Crippen molar-refractivity contribution in [1.82, 2.24) is 16.0 Å². The third-order valence-corrected chi connectivity index (χ3v) is 5.82. The molecular formula is C27H25N3O7. The maximum Gasteiger partial charge on any atom is 0.258 e. The van der Waals surface area contributed by atoms with Crippen molar-refractivity contribution in [2.75, 3.05) is 13.4 Å². The Morgan fingerprint density at radius 1 is 0.946 bits per heavy atom. The minimum atomic E-state index is -0.943. The second kappa shape index (κ2) is 10.9. The van der Waals surface area contributed by atoms with Crippen LogP contribution in [-0.2, 0) is 20.8 Å². The molecule has 2 aliphatic rings. The molecule has 10 heteroatoms. The van der Waals surface area contributed by atoms with Crippen molar-refractivity contribution in [3.8, 4) is 23.0 Å². The molecule has 5 rings (SSSR count). The Bertz CT molecular complexity index is 1270. The number of benzene rings is 3. The molecule has 190 valence electrons. The standard InChI is InChI=1S/C27H25N3O7/c31-23(15-34-19-11-12-21-22(14-19)36-16-35-21)28-20(13-17-7-3-1-4-8-17)25(32)29-24-26(33)30-27(24)37-18-9-5-2-6-10-18/h1-12,14,20,24,27H,13,15-16H2,(H,28,31)(H,29,32)(H,30,33)/t20-,24+,27-/m0/s1. The molecule has 0 aromatic heterocycles. The van der Waals surface area contributed by atoms with E-state index in [9.17, 15) is 14.4 Å². The highest BCUT2D eigenvalue weighted by molar-refractivity contribution is 5.95. The zero-order chi connectivity index (χ0) is 25.6. The van der Waals surface area contributed by atoms with E-state index in [2.05, 4.69) is 16.0 Å². The zero-order valence-electron chi connectivity index (χ0n) is 19.7. The van der Waals surface area contributed by atoms with Gasteiger partial charge in [-0.05, 0) is 29.8 Å². The van der Waals surface area contributed by atoms with Crippen LogP contribution >= 0.6 is 0 Å². The third-order valence-electron chi connectivity index (χ3n) is 5.82. The van der Waals surface area contributed by atoms with Crippen LogP contribution in [0.25, 0.3) is 0 Å². The lowest BCUT2D eigenvalue weighted by Crippen LogP contribution is -2.72. The Labute approximate surface area is 212 Å². The zero-order valence-corrected chi connectivity index (χ0v) is 19.7. The van der Waals surface area contributed by atoms with Crippen LogP contribution in [0.15, 0.2) is 78.9 Å². The van der Waals surface area contributed by atoms with Crippen LogP contribution in [0.5, 0.6) is 23.0 Å². The van der Waals surface area contributed by atoms with Gasteiger partial charge in [-0.1, -0.05) is 48.5 Å². The Morgan fingerprint density at radius 2 is 1.68 bits per heavy atom. The van der Waals surface area contributed by atoms with Crippen molar-refractivity contribution in [3.63, 3.8) is 0 Å². The molecule has 3 N–H and O–H groups in total. The molecule has 1 saturated heterocycles. The first-order valence-electron chi connectivity index (χ1n) is 11.7. The van der Waals surface area contributed by atoms with Crippen LogP contribution in [-0.4, -0.2) is 49.4 Å². The van der Waals surface area contributed by atoms with Crippen molar-refractivity contribution in [1.29, 1.82) is 0 Å². The number of amides is 3. The first-order valence-corrected chi connectivity index (χ1v) is 11.7. The molecule has 1 fully saturated rings. The van der Waals surface area contributed by atoms with Crippen molar-refractivity contribution in [3.05, 3.63) is 84.4 Å². The number of carbonyl (C=O) groups is 3.